The number of thioether (sulfide) groups is 1. The van der Waals surface area contributed by atoms with Crippen LogP contribution in [0, 0.1) is 12.7 Å². The molecule has 0 aliphatic carbocycles. The molecule has 0 saturated carbocycles. The highest BCUT2D eigenvalue weighted by molar-refractivity contribution is 8.00. The molecule has 0 bridgehead atoms. The molecule has 1 aliphatic heterocycles. The van der Waals surface area contributed by atoms with Crippen LogP contribution in [0.2, 0.25) is 5.02 Å². The van der Waals surface area contributed by atoms with E-state index in [1.165, 1.54) is 103 Å². The first kappa shape index (κ1) is 81.1. The zero-order valence-corrected chi connectivity index (χ0v) is 57.6. The number of urea groups is 2. The largest absolute Gasteiger partial charge is 0.778 e. The summed E-state index contributed by atoms with van der Waals surface area (Å²) in [5.41, 5.74) is -0.176. The standard InChI is InChI=1S/C15H15ClFN3O3S2.C15H16F3N5O4S.C15H18N6O6S.C3H8NO5P.C3H9S/c1-23-13(21)8-24-12-7-11(10(17)6-9(12)16)18-14-19-4-2-3-5-20(19)15(22)25-14;1-9-19-12(22-14(20-9)27-2)21-13(24)23-28(25,26)11-6-4-3-5-10(11)7-8-15(16,17)18;1-21(2)13(22)9-6-5-7-16-12(9)28(24,25)20-15(23)19-14-17-10(26-3)8-11(18-14)27-4;5-3(6)1-4-2-10(7,8)9;1-4(2)3/h6-7H,2-5,8H2,1H3;3-6H,7-8H2,1-2H3,(H2,19,20,21,22,23,24);5-8H,1-4H3,(H2,17,18,19,20,23);4H,1-2H2,(H,5,6)(H2,7,8,9);1-3H3/q;;;;+1/p-1/b18-14-;;;;. The third-order valence-corrected chi connectivity index (χ3v) is 16.5. The number of nitrogens with one attached hydrogen (secondary N) is 5. The Kier molecular flexibility index (Phi) is 32.3. The summed E-state index contributed by atoms with van der Waals surface area (Å²) in [6.07, 6.45) is 2.76. The third kappa shape index (κ3) is 28.8. The van der Waals surface area contributed by atoms with Crippen LogP contribution in [0.25, 0.3) is 0 Å². The number of esters is 1. The first-order chi connectivity index (χ1) is 44.3. The number of nitrogens with zero attached hydrogens (tertiary/aromatic N) is 10. The number of benzene rings is 2. The van der Waals surface area contributed by atoms with Crippen molar-refractivity contribution in [2.75, 3.05) is 90.5 Å². The quantitative estimate of drug-likeness (QED) is 0.0188. The van der Waals surface area contributed by atoms with Crippen molar-refractivity contribution >= 4 is 121 Å². The van der Waals surface area contributed by atoms with E-state index >= 15 is 0 Å². The first-order valence-electron chi connectivity index (χ1n) is 26.5. The molecular formula is C51H65ClF4N15O18PS5. The number of anilines is 2. The van der Waals surface area contributed by atoms with Crippen molar-refractivity contribution in [2.24, 2.45) is 4.99 Å². The maximum Gasteiger partial charge on any atom is 0.389 e. The molecule has 1 unspecified atom stereocenters. The number of carboxylic acid groups (broad SMARTS) is 1. The summed E-state index contributed by atoms with van der Waals surface area (Å²) in [4.78, 5) is 116. The minimum Gasteiger partial charge on any atom is -0.778 e. The molecule has 95 heavy (non-hydrogen) atoms. The van der Waals surface area contributed by atoms with E-state index in [0.717, 1.165) is 48.1 Å². The summed E-state index contributed by atoms with van der Waals surface area (Å²) in [6, 6.07) is 9.36. The van der Waals surface area contributed by atoms with Crippen molar-refractivity contribution < 1.29 is 96.8 Å². The highest BCUT2D eigenvalue weighted by Crippen LogP contribution is 2.34. The van der Waals surface area contributed by atoms with E-state index in [1.807, 2.05) is 5.32 Å². The van der Waals surface area contributed by atoms with Gasteiger partial charge in [-0.3, -0.25) is 39.8 Å². The van der Waals surface area contributed by atoms with Crippen molar-refractivity contribution in [2.45, 2.75) is 66.7 Å². The minimum atomic E-state index is -4.46. The first-order valence-corrected chi connectivity index (χ1v) is 35.9. The van der Waals surface area contributed by atoms with Crippen LogP contribution in [0.3, 0.4) is 0 Å². The topological polar surface area (TPSA) is 451 Å². The number of carbonyl (C=O) groups is 5. The second kappa shape index (κ2) is 37.9. The number of alkyl halides is 3. The third-order valence-electron chi connectivity index (χ3n) is 10.8. The molecule has 7 N–H and O–H groups in total. The van der Waals surface area contributed by atoms with Gasteiger partial charge >= 0.3 is 41.1 Å². The molecule has 5 heterocycles. The average Bonchev–Trinajstić information content (AvgIpc) is 1.78. The number of hydrogen-bond acceptors (Lipinski definition) is 26. The monoisotopic (exact) mass is 1480 g/mol. The maximum absolute atomic E-state index is 14.3. The molecule has 522 valence electrons. The fourth-order valence-corrected chi connectivity index (χ4v) is 11.5. The van der Waals surface area contributed by atoms with Crippen LogP contribution in [0.4, 0.5) is 44.7 Å². The second-order valence-corrected chi connectivity index (χ2v) is 28.7. The van der Waals surface area contributed by atoms with Gasteiger partial charge in [-0.15, -0.1) is 11.8 Å². The molecule has 0 saturated heterocycles. The molecule has 4 aromatic heterocycles. The highest BCUT2D eigenvalue weighted by atomic mass is 35.5. The lowest BCUT2D eigenvalue weighted by atomic mass is 10.1. The summed E-state index contributed by atoms with van der Waals surface area (Å²) >= 11 is 8.17. The zero-order chi connectivity index (χ0) is 71.6. The van der Waals surface area contributed by atoms with E-state index in [2.05, 4.69) is 69.0 Å². The molecule has 2 aromatic carbocycles. The summed E-state index contributed by atoms with van der Waals surface area (Å²) in [5.74, 6) is -2.81. The number of rotatable bonds is 20. The molecule has 33 nitrogen and oxygen atoms in total. The lowest BCUT2D eigenvalue weighted by molar-refractivity contribution is -0.193. The summed E-state index contributed by atoms with van der Waals surface area (Å²) in [7, 11) is -4.40. The molecule has 1 atom stereocenters. The average molecular weight is 1480 g/mol. The van der Waals surface area contributed by atoms with Gasteiger partial charge in [0.1, 0.15) is 24.9 Å². The van der Waals surface area contributed by atoms with Gasteiger partial charge in [0.05, 0.1) is 87.3 Å². The van der Waals surface area contributed by atoms with Gasteiger partial charge in [0.25, 0.3) is 26.0 Å². The van der Waals surface area contributed by atoms with Crippen LogP contribution in [0.1, 0.15) is 41.0 Å². The smallest absolute Gasteiger partial charge is 0.389 e. The molecule has 5 amide bonds. The van der Waals surface area contributed by atoms with Gasteiger partial charge in [-0.1, -0.05) is 29.8 Å². The number of methoxy groups -OCH3 is 4. The van der Waals surface area contributed by atoms with Crippen molar-refractivity contribution in [3.8, 4) is 17.8 Å². The minimum absolute atomic E-state index is 0.0605. The van der Waals surface area contributed by atoms with E-state index in [0.29, 0.717) is 33.7 Å². The molecule has 44 heteroatoms. The van der Waals surface area contributed by atoms with E-state index in [-0.39, 0.29) is 68.0 Å². The number of carbonyl (C=O) groups excluding carboxylic acids is 4. The van der Waals surface area contributed by atoms with Gasteiger partial charge < -0.3 is 43.3 Å². The number of aromatic nitrogens is 8. The second-order valence-electron chi connectivity index (χ2n) is 19.0. The van der Waals surface area contributed by atoms with Crippen molar-refractivity contribution in [1.29, 1.82) is 0 Å². The van der Waals surface area contributed by atoms with Crippen LogP contribution in [0.5, 0.6) is 17.8 Å². The molecule has 6 aromatic rings. The van der Waals surface area contributed by atoms with Crippen LogP contribution < -0.4 is 54.2 Å². The number of amides is 5. The fourth-order valence-electron chi connectivity index (χ4n) is 6.87. The van der Waals surface area contributed by atoms with Gasteiger partial charge in [0, 0.05) is 44.7 Å². The van der Waals surface area contributed by atoms with Gasteiger partial charge in [0.2, 0.25) is 28.5 Å². The van der Waals surface area contributed by atoms with E-state index < -0.39 is 105 Å². The van der Waals surface area contributed by atoms with Crippen molar-refractivity contribution in [3.05, 3.63) is 103 Å². The Morgan fingerprint density at radius 3 is 1.99 bits per heavy atom. The van der Waals surface area contributed by atoms with Gasteiger partial charge in [0.15, 0.2) is 5.03 Å². The Morgan fingerprint density at radius 1 is 0.863 bits per heavy atom. The van der Waals surface area contributed by atoms with Gasteiger partial charge in [-0.25, -0.2) is 46.5 Å². The lowest BCUT2D eigenvalue weighted by Gasteiger charge is -2.15. The summed E-state index contributed by atoms with van der Waals surface area (Å²) in [5, 5.41) is 13.8. The predicted molar refractivity (Wildman–Crippen MR) is 339 cm³/mol. The van der Waals surface area contributed by atoms with Crippen LogP contribution in [-0.2, 0) is 69.3 Å². The highest BCUT2D eigenvalue weighted by Gasteiger charge is 2.30. The van der Waals surface area contributed by atoms with E-state index in [1.54, 1.807) is 18.8 Å². The SMILES string of the molecule is COC(=O)CSc1cc(/N=c2\sc(=O)n3n2CCCC3)c(F)cc1Cl.COc1cc(OC)nc(NC(=O)NS(=O)(=O)c2ncccc2C(=O)N(C)C)n1.COc1nc(C)nc(NC(=O)NS(=O)(=O)c2ccccc2CCC(F)(F)F)n1.C[S+](C)C.O=C(O)CNCP(=O)([O-])O. The maximum atomic E-state index is 14.3. The summed E-state index contributed by atoms with van der Waals surface area (Å²) < 4.78 is 138. The fraction of sp³-hybridized carbons (Fsp3) is 0.392. The number of sulfonamides is 2. The van der Waals surface area contributed by atoms with Gasteiger partial charge in [-0.05, 0) is 84.3 Å². The molecular weight excluding hydrogens is 1410 g/mol. The Labute approximate surface area is 556 Å². The normalized spacial score (nSPS) is 12.5. The number of fused-ring (bicyclic) bond motifs is 1. The Bertz CT molecular complexity index is 4050. The molecule has 7 rings (SSSR count). The Hall–Kier alpha value is -8.09. The number of ether oxygens (including phenoxy) is 4. The van der Waals surface area contributed by atoms with Crippen LogP contribution >= 0.6 is 42.3 Å². The number of halogens is 5. The van der Waals surface area contributed by atoms with E-state index in [9.17, 15) is 72.6 Å². The number of carboxylic acids is 1. The van der Waals surface area contributed by atoms with Crippen LogP contribution in [-0.4, -0.2) is 187 Å². The van der Waals surface area contributed by atoms with Gasteiger partial charge in [-0.2, -0.15) is 46.5 Å². The van der Waals surface area contributed by atoms with E-state index in [4.69, 9.17) is 35.8 Å². The number of aliphatic carboxylic acids is 1. The van der Waals surface area contributed by atoms with Crippen molar-refractivity contribution in [1.82, 2.24) is 58.9 Å². The predicted octanol–water partition coefficient (Wildman–Crippen LogP) is 3.75. The lowest BCUT2D eigenvalue weighted by Crippen LogP contribution is -2.36. The Morgan fingerprint density at radius 2 is 1.44 bits per heavy atom. The molecule has 0 spiro atoms. The zero-order valence-electron chi connectivity index (χ0n) is 51.9. The molecule has 0 fully saturated rings. The van der Waals surface area contributed by atoms with Crippen LogP contribution in [0.15, 0.2) is 85.4 Å². The number of hydrogen-bond donors (Lipinski definition) is 7. The number of aryl methyl sites for hydroxylation is 2. The number of pyridine rings is 1. The Balaban J connectivity index is 0.000000337. The molecule has 0 radical (unpaired) electrons. The van der Waals surface area contributed by atoms with Crippen molar-refractivity contribution in [3.63, 3.8) is 0 Å². The summed E-state index contributed by atoms with van der Waals surface area (Å²) in [6.45, 7) is 2.35. The molecule has 1 aliphatic rings.